The van der Waals surface area contributed by atoms with Gasteiger partial charge in [-0.25, -0.2) is 21.6 Å². The zero-order valence-corrected chi connectivity index (χ0v) is 13.6. The monoisotopic (exact) mass is 373 g/mol. The summed E-state index contributed by atoms with van der Waals surface area (Å²) in [6.45, 7) is -0.339. The minimum Gasteiger partial charge on any atom is -0.481 e. The Labute approximate surface area is 142 Å². The smallest absolute Gasteiger partial charge is 0.303 e. The summed E-state index contributed by atoms with van der Waals surface area (Å²) >= 11 is 0. The first kappa shape index (κ1) is 18.8. The average molecular weight is 373 g/mol. The van der Waals surface area contributed by atoms with Crippen molar-refractivity contribution < 1.29 is 31.5 Å². The van der Waals surface area contributed by atoms with Gasteiger partial charge in [-0.2, -0.15) is 0 Å². The molecule has 2 aromatic carbocycles. The number of rotatable bonds is 7. The molecule has 5 nitrogen and oxygen atoms in total. The Kier molecular flexibility index (Phi) is 5.68. The number of carboxylic acids is 1. The molecule has 0 saturated carbocycles. The number of hydrogen-bond acceptors (Lipinski definition) is 3. The van der Waals surface area contributed by atoms with Gasteiger partial charge in [0, 0.05) is 19.0 Å². The van der Waals surface area contributed by atoms with E-state index >= 15 is 0 Å². The average Bonchev–Trinajstić information content (AvgIpc) is 2.52. The molecule has 0 spiro atoms. The van der Waals surface area contributed by atoms with E-state index in [0.29, 0.717) is 10.4 Å². The number of aliphatic carboxylic acids is 1. The fourth-order valence-electron chi connectivity index (χ4n) is 2.16. The molecule has 1 N–H and O–H groups in total. The maximum Gasteiger partial charge on any atom is 0.303 e. The Morgan fingerprint density at radius 3 is 2.16 bits per heavy atom. The molecule has 25 heavy (non-hydrogen) atoms. The van der Waals surface area contributed by atoms with E-state index in [-0.39, 0.29) is 24.3 Å². The van der Waals surface area contributed by atoms with Crippen molar-refractivity contribution in [1.29, 1.82) is 0 Å². The van der Waals surface area contributed by atoms with Gasteiger partial charge < -0.3 is 5.11 Å². The second-order valence-electron chi connectivity index (χ2n) is 5.12. The zero-order valence-electron chi connectivity index (χ0n) is 12.8. The maximum absolute atomic E-state index is 14.1. The van der Waals surface area contributed by atoms with Crippen LogP contribution < -0.4 is 4.31 Å². The molecule has 2 aromatic rings. The van der Waals surface area contributed by atoms with Crippen molar-refractivity contribution in [2.45, 2.75) is 17.7 Å². The molecule has 0 amide bonds. The van der Waals surface area contributed by atoms with E-state index in [1.807, 2.05) is 0 Å². The SMILES string of the molecule is O=C(O)CCCN(c1ccc(F)cc1F)S(=O)(=O)c1ccc(F)cc1. The van der Waals surface area contributed by atoms with E-state index in [9.17, 15) is 26.4 Å². The lowest BCUT2D eigenvalue weighted by Crippen LogP contribution is -2.33. The van der Waals surface area contributed by atoms with Crippen LogP contribution in [0.5, 0.6) is 0 Å². The Bertz CT molecular complexity index is 869. The van der Waals surface area contributed by atoms with Crippen LogP contribution in [0.15, 0.2) is 47.4 Å². The van der Waals surface area contributed by atoms with Gasteiger partial charge in [-0.15, -0.1) is 0 Å². The van der Waals surface area contributed by atoms with Crippen LogP contribution in [0.4, 0.5) is 18.9 Å². The van der Waals surface area contributed by atoms with E-state index in [0.717, 1.165) is 36.4 Å². The highest BCUT2D eigenvalue weighted by atomic mass is 32.2. The fraction of sp³-hybridized carbons (Fsp3) is 0.188. The fourth-order valence-corrected chi connectivity index (χ4v) is 3.67. The molecule has 0 saturated heterocycles. The van der Waals surface area contributed by atoms with Crippen LogP contribution in [0.2, 0.25) is 0 Å². The van der Waals surface area contributed by atoms with Crippen molar-refractivity contribution in [3.8, 4) is 0 Å². The van der Waals surface area contributed by atoms with Gasteiger partial charge in [0.2, 0.25) is 0 Å². The number of hydrogen-bond donors (Lipinski definition) is 1. The summed E-state index contributed by atoms with van der Waals surface area (Å²) in [6, 6.07) is 6.26. The lowest BCUT2D eigenvalue weighted by molar-refractivity contribution is -0.137. The maximum atomic E-state index is 14.1. The quantitative estimate of drug-likeness (QED) is 0.809. The predicted molar refractivity (Wildman–Crippen MR) is 84.2 cm³/mol. The van der Waals surface area contributed by atoms with Crippen LogP contribution in [0, 0.1) is 17.5 Å². The van der Waals surface area contributed by atoms with E-state index < -0.39 is 39.1 Å². The lowest BCUT2D eigenvalue weighted by atomic mass is 10.2. The first-order valence-electron chi connectivity index (χ1n) is 7.17. The molecular formula is C16H14F3NO4S. The number of nitrogens with zero attached hydrogens (tertiary/aromatic N) is 1. The number of benzene rings is 2. The normalized spacial score (nSPS) is 11.3. The van der Waals surface area contributed by atoms with Crippen molar-refractivity contribution in [1.82, 2.24) is 0 Å². The minimum absolute atomic E-state index is 0.0907. The van der Waals surface area contributed by atoms with Crippen LogP contribution in [-0.4, -0.2) is 26.0 Å². The molecule has 0 fully saturated rings. The molecule has 0 aliphatic rings. The van der Waals surface area contributed by atoms with E-state index in [2.05, 4.69) is 0 Å². The summed E-state index contributed by atoms with van der Waals surface area (Å²) < 4.78 is 66.4. The van der Waals surface area contributed by atoms with Gasteiger partial charge in [-0.3, -0.25) is 9.10 Å². The zero-order chi connectivity index (χ0) is 18.6. The van der Waals surface area contributed by atoms with Crippen LogP contribution in [0.1, 0.15) is 12.8 Å². The summed E-state index contributed by atoms with van der Waals surface area (Å²) in [5.74, 6) is -3.78. The topological polar surface area (TPSA) is 74.7 Å². The summed E-state index contributed by atoms with van der Waals surface area (Å²) in [5.41, 5.74) is -0.420. The minimum atomic E-state index is -4.29. The molecule has 0 aromatic heterocycles. The molecule has 0 bridgehead atoms. The summed E-state index contributed by atoms with van der Waals surface area (Å²) in [6.07, 6.45) is -0.426. The highest BCUT2D eigenvalue weighted by Gasteiger charge is 2.27. The summed E-state index contributed by atoms with van der Waals surface area (Å²) in [4.78, 5) is 10.4. The summed E-state index contributed by atoms with van der Waals surface area (Å²) in [7, 11) is -4.29. The summed E-state index contributed by atoms with van der Waals surface area (Å²) in [5, 5.41) is 8.70. The molecule has 0 heterocycles. The molecule has 134 valence electrons. The highest BCUT2D eigenvalue weighted by Crippen LogP contribution is 2.27. The third-order valence-electron chi connectivity index (χ3n) is 3.33. The van der Waals surface area contributed by atoms with E-state index in [1.54, 1.807) is 0 Å². The Balaban J connectivity index is 2.45. The van der Waals surface area contributed by atoms with E-state index in [1.165, 1.54) is 0 Å². The molecule has 0 aliphatic heterocycles. The van der Waals surface area contributed by atoms with Crippen LogP contribution in [-0.2, 0) is 14.8 Å². The largest absolute Gasteiger partial charge is 0.481 e. The molecule has 0 atom stereocenters. The number of carboxylic acid groups (broad SMARTS) is 1. The predicted octanol–water partition coefficient (Wildman–Crippen LogP) is 3.16. The second-order valence-corrected chi connectivity index (χ2v) is 6.99. The van der Waals surface area contributed by atoms with Crippen molar-refractivity contribution >= 4 is 21.7 Å². The van der Waals surface area contributed by atoms with Gasteiger partial charge in [0.05, 0.1) is 10.6 Å². The number of sulfonamides is 1. The Hall–Kier alpha value is -2.55. The number of anilines is 1. The molecular weight excluding hydrogens is 359 g/mol. The van der Waals surface area contributed by atoms with Crippen molar-refractivity contribution in [3.05, 3.63) is 59.9 Å². The lowest BCUT2D eigenvalue weighted by Gasteiger charge is -2.24. The van der Waals surface area contributed by atoms with Gasteiger partial charge in [0.25, 0.3) is 10.0 Å². The van der Waals surface area contributed by atoms with Crippen LogP contribution in [0.25, 0.3) is 0 Å². The van der Waals surface area contributed by atoms with Crippen molar-refractivity contribution in [3.63, 3.8) is 0 Å². The highest BCUT2D eigenvalue weighted by molar-refractivity contribution is 7.92. The van der Waals surface area contributed by atoms with Crippen LogP contribution >= 0.6 is 0 Å². The van der Waals surface area contributed by atoms with Crippen molar-refractivity contribution in [2.75, 3.05) is 10.8 Å². The first-order valence-corrected chi connectivity index (χ1v) is 8.61. The van der Waals surface area contributed by atoms with Gasteiger partial charge in [0.1, 0.15) is 17.5 Å². The van der Waals surface area contributed by atoms with Gasteiger partial charge in [-0.1, -0.05) is 0 Å². The third-order valence-corrected chi connectivity index (χ3v) is 5.16. The van der Waals surface area contributed by atoms with Gasteiger partial charge in [-0.05, 0) is 42.8 Å². The second kappa shape index (κ2) is 7.56. The molecule has 2 rings (SSSR count). The number of carbonyl (C=O) groups is 1. The molecule has 0 radical (unpaired) electrons. The van der Waals surface area contributed by atoms with Gasteiger partial charge >= 0.3 is 5.97 Å². The molecule has 0 aliphatic carbocycles. The van der Waals surface area contributed by atoms with Gasteiger partial charge in [0.15, 0.2) is 0 Å². The standard InChI is InChI=1S/C16H14F3NO4S/c17-11-3-6-13(7-4-11)25(23,24)20(9-1-2-16(21)22)15-8-5-12(18)10-14(15)19/h3-8,10H,1-2,9H2,(H,21,22). The number of halogens is 3. The molecule has 0 unspecified atom stereocenters. The van der Waals surface area contributed by atoms with E-state index in [4.69, 9.17) is 5.11 Å². The first-order chi connectivity index (χ1) is 11.7. The Morgan fingerprint density at radius 1 is 1.00 bits per heavy atom. The Morgan fingerprint density at radius 2 is 1.60 bits per heavy atom. The van der Waals surface area contributed by atoms with Crippen LogP contribution in [0.3, 0.4) is 0 Å². The molecule has 9 heteroatoms. The van der Waals surface area contributed by atoms with Crippen molar-refractivity contribution in [2.24, 2.45) is 0 Å². The third kappa shape index (κ3) is 4.50.